The zero-order valence-electron chi connectivity index (χ0n) is 11.6. The molecule has 0 aromatic carbocycles. The largest absolute Gasteiger partial charge is 0.481 e. The third-order valence-electron chi connectivity index (χ3n) is 1.28. The van der Waals surface area contributed by atoms with Gasteiger partial charge in [0.05, 0.1) is 10.8 Å². The van der Waals surface area contributed by atoms with E-state index >= 15 is 0 Å². The molecule has 0 rings (SSSR count). The van der Waals surface area contributed by atoms with Crippen LogP contribution in [0.4, 0.5) is 0 Å². The minimum atomic E-state index is -0.757. The molecule has 6 nitrogen and oxygen atoms in total. The van der Waals surface area contributed by atoms with Gasteiger partial charge < -0.3 is 21.8 Å². The van der Waals surface area contributed by atoms with E-state index in [0.29, 0.717) is 0 Å². The highest BCUT2D eigenvalue weighted by atomic mass is 16.4. The van der Waals surface area contributed by atoms with Crippen molar-refractivity contribution < 1.29 is 19.8 Å². The van der Waals surface area contributed by atoms with Gasteiger partial charge in [-0.15, -0.1) is 0 Å². The van der Waals surface area contributed by atoms with Crippen LogP contribution in [0.5, 0.6) is 0 Å². The van der Waals surface area contributed by atoms with Crippen LogP contribution in [-0.2, 0) is 9.59 Å². The lowest BCUT2D eigenvalue weighted by molar-refractivity contribution is -0.146. The van der Waals surface area contributed by atoms with Crippen molar-refractivity contribution in [2.75, 3.05) is 0 Å². The van der Waals surface area contributed by atoms with Gasteiger partial charge in [0, 0.05) is 0 Å². The Morgan fingerprint density at radius 3 is 0.882 bits per heavy atom. The number of hydrogen-bond acceptors (Lipinski definition) is 4. The summed E-state index contributed by atoms with van der Waals surface area (Å²) in [4.78, 5) is 20.0. The minimum absolute atomic E-state index is 0. The maximum absolute atomic E-state index is 10.0. The van der Waals surface area contributed by atoms with Crippen LogP contribution in [0.25, 0.3) is 0 Å². The van der Waals surface area contributed by atoms with E-state index < -0.39 is 22.8 Å². The van der Waals surface area contributed by atoms with Gasteiger partial charge in [-0.2, -0.15) is 0 Å². The van der Waals surface area contributed by atoms with E-state index in [-0.39, 0.29) is 6.15 Å². The monoisotopic (exact) mass is 250 g/mol. The van der Waals surface area contributed by atoms with Gasteiger partial charge in [0.25, 0.3) is 0 Å². The number of hydrogen-bond donors (Lipinski definition) is 4. The Morgan fingerprint density at radius 2 is 0.882 bits per heavy atom. The zero-order chi connectivity index (χ0) is 14.2. The van der Waals surface area contributed by atoms with E-state index in [1.807, 2.05) is 0 Å². The summed E-state index contributed by atoms with van der Waals surface area (Å²) in [6, 6.07) is 0. The summed E-state index contributed by atoms with van der Waals surface area (Å²) >= 11 is 0. The highest BCUT2D eigenvalue weighted by molar-refractivity contribution is 5.73. The lowest BCUT2D eigenvalue weighted by Gasteiger charge is -2.08. The minimum Gasteiger partial charge on any atom is -0.481 e. The van der Waals surface area contributed by atoms with Gasteiger partial charge in [-0.05, 0) is 48.3 Å². The Kier molecular flexibility index (Phi) is 14.2. The quantitative estimate of drug-likeness (QED) is 0.490. The average Bonchev–Trinajstić information content (AvgIpc) is 2.05. The number of rotatable bonds is 0. The molecule has 0 radical (unpaired) electrons. The summed E-state index contributed by atoms with van der Waals surface area (Å²) in [5.41, 5.74) is -1.17. The Balaban J connectivity index is -0.0000000823. The first-order chi connectivity index (χ1) is 6.89. The lowest BCUT2D eigenvalue weighted by atomic mass is 9.98. The van der Waals surface area contributed by atoms with Crippen molar-refractivity contribution >= 4 is 18.7 Å². The first kappa shape index (κ1) is 24.7. The smallest absolute Gasteiger partial charge is 0.308 e. The molecule has 0 bridgehead atoms. The van der Waals surface area contributed by atoms with E-state index in [4.69, 9.17) is 15.6 Å². The van der Waals surface area contributed by atoms with Gasteiger partial charge in [-0.3, -0.25) is 9.59 Å². The maximum atomic E-state index is 10.0. The van der Waals surface area contributed by atoms with Gasteiger partial charge in [-0.25, -0.2) is 0 Å². The normalized spacial score (nSPS) is 9.53. The highest BCUT2D eigenvalue weighted by Gasteiger charge is 2.19. The second-order valence-corrected chi connectivity index (χ2v) is 5.11. The van der Waals surface area contributed by atoms with Crippen LogP contribution in [-0.4, -0.2) is 28.9 Å². The molecule has 0 spiro atoms. The van der Waals surface area contributed by atoms with Gasteiger partial charge >= 0.3 is 11.9 Å². The summed E-state index contributed by atoms with van der Waals surface area (Å²) in [5, 5.41) is 22.0. The maximum Gasteiger partial charge on any atom is 0.308 e. The van der Waals surface area contributed by atoms with Crippen molar-refractivity contribution in [3.63, 3.8) is 0 Å². The molecule has 0 saturated heterocycles. The summed E-state index contributed by atoms with van der Waals surface area (Å²) in [6.07, 6.45) is 0. The zero-order valence-corrected chi connectivity index (χ0v) is 11.6. The second kappa shape index (κ2) is 9.77. The van der Waals surface area contributed by atoms with Crippen molar-refractivity contribution in [3.8, 4) is 0 Å². The fraction of sp³-hybridized carbons (Fsp3) is 0.727. The summed E-state index contributed by atoms with van der Waals surface area (Å²) < 4.78 is 0. The molecular weight excluding hydrogens is 224 g/mol. The first-order valence-electron chi connectivity index (χ1n) is 4.71. The molecule has 0 unspecified atom stereocenters. The van der Waals surface area contributed by atoms with Crippen LogP contribution < -0.4 is 6.15 Å². The van der Waals surface area contributed by atoms with E-state index in [2.05, 4.69) is 6.72 Å². The molecule has 0 aromatic heterocycles. The SMILES string of the molecule is C=N.CC(C)(C)C(=O)O.CC(C)(C)C(=O)O.N. The standard InChI is InChI=1S/2C5H10O2.CH3N.H3N/c2*1-5(2,3)4(6)7;1-2;/h2*1-3H3,(H,6,7);2H,1H2;1H3. The molecule has 0 saturated carbocycles. The van der Waals surface area contributed by atoms with E-state index in [1.54, 1.807) is 41.5 Å². The van der Waals surface area contributed by atoms with Crippen molar-refractivity contribution in [1.82, 2.24) is 6.15 Å². The van der Waals surface area contributed by atoms with Crippen LogP contribution in [0.2, 0.25) is 0 Å². The molecule has 0 aromatic rings. The van der Waals surface area contributed by atoms with Gasteiger partial charge in [0.1, 0.15) is 0 Å². The highest BCUT2D eigenvalue weighted by Crippen LogP contribution is 2.11. The van der Waals surface area contributed by atoms with Crippen molar-refractivity contribution in [2.45, 2.75) is 41.5 Å². The number of nitrogens with one attached hydrogen (secondary N) is 1. The number of aliphatic carboxylic acids is 2. The average molecular weight is 250 g/mol. The van der Waals surface area contributed by atoms with E-state index in [0.717, 1.165) is 0 Å². The third-order valence-corrected chi connectivity index (χ3v) is 1.28. The second-order valence-electron chi connectivity index (χ2n) is 5.11. The van der Waals surface area contributed by atoms with Gasteiger partial charge in [0.2, 0.25) is 0 Å². The van der Waals surface area contributed by atoms with Gasteiger partial charge in [0.15, 0.2) is 0 Å². The molecule has 0 aliphatic carbocycles. The molecule has 6 heteroatoms. The summed E-state index contributed by atoms with van der Waals surface area (Å²) in [7, 11) is 0. The number of carbonyl (C=O) groups is 2. The number of carboxylic acids is 2. The lowest BCUT2D eigenvalue weighted by Crippen LogP contribution is -2.18. The molecule has 0 fully saturated rings. The molecule has 104 valence electrons. The Labute approximate surface area is 103 Å². The van der Waals surface area contributed by atoms with Crippen LogP contribution in [0.1, 0.15) is 41.5 Å². The van der Waals surface area contributed by atoms with E-state index in [9.17, 15) is 9.59 Å². The van der Waals surface area contributed by atoms with Crippen molar-refractivity contribution in [2.24, 2.45) is 10.8 Å². The topological polar surface area (TPSA) is 133 Å². The predicted octanol–water partition coefficient (Wildman–Crippen LogP) is 2.66. The van der Waals surface area contributed by atoms with Gasteiger partial charge in [-0.1, -0.05) is 0 Å². The summed E-state index contributed by atoms with van der Waals surface area (Å²) in [6.45, 7) is 12.5. The molecule has 0 atom stereocenters. The fourth-order valence-electron chi connectivity index (χ4n) is 0. The molecule has 0 aliphatic heterocycles. The van der Waals surface area contributed by atoms with Crippen molar-refractivity contribution in [3.05, 3.63) is 0 Å². The van der Waals surface area contributed by atoms with E-state index in [1.165, 1.54) is 0 Å². The first-order valence-corrected chi connectivity index (χ1v) is 4.71. The Morgan fingerprint density at radius 1 is 0.824 bits per heavy atom. The fourth-order valence-corrected chi connectivity index (χ4v) is 0. The number of carboxylic acid groups (broad SMARTS) is 2. The molecule has 0 amide bonds. The third kappa shape index (κ3) is 20.6. The Bertz CT molecular complexity index is 203. The molecule has 6 N–H and O–H groups in total. The van der Waals surface area contributed by atoms with Crippen LogP contribution in [0, 0.1) is 16.2 Å². The van der Waals surface area contributed by atoms with Crippen LogP contribution in [0.15, 0.2) is 0 Å². The molecule has 17 heavy (non-hydrogen) atoms. The molecule has 0 heterocycles. The van der Waals surface area contributed by atoms with Crippen LogP contribution >= 0.6 is 0 Å². The van der Waals surface area contributed by atoms with Crippen LogP contribution in [0.3, 0.4) is 0 Å². The Hall–Kier alpha value is -1.43. The summed E-state index contributed by atoms with van der Waals surface area (Å²) in [5.74, 6) is -1.51. The molecular formula is C11H26N2O4. The molecule has 0 aliphatic rings. The van der Waals surface area contributed by atoms with Crippen molar-refractivity contribution in [1.29, 1.82) is 5.41 Å². The predicted molar refractivity (Wildman–Crippen MR) is 69.0 cm³/mol.